The van der Waals surface area contributed by atoms with Gasteiger partial charge in [-0.05, 0) is 16.9 Å². The Hall–Kier alpha value is -0.445. The van der Waals surface area contributed by atoms with Gasteiger partial charge in [0.25, 0.3) is 0 Å². The van der Waals surface area contributed by atoms with E-state index >= 15 is 0 Å². The van der Waals surface area contributed by atoms with Gasteiger partial charge in [0.2, 0.25) is 0 Å². The molecule has 0 aliphatic rings. The third-order valence-electron chi connectivity index (χ3n) is 2.70. The van der Waals surface area contributed by atoms with Gasteiger partial charge in [-0.25, -0.2) is 0 Å². The summed E-state index contributed by atoms with van der Waals surface area (Å²) in [5, 5.41) is 18.7. The summed E-state index contributed by atoms with van der Waals surface area (Å²) in [6, 6.07) is 7.46. The van der Waals surface area contributed by atoms with Crippen LogP contribution in [-0.2, 0) is 5.75 Å². The van der Waals surface area contributed by atoms with E-state index in [1.165, 1.54) is 0 Å². The molecular formula is C12H19BO2S. The first-order valence-corrected chi connectivity index (χ1v) is 6.62. The second kappa shape index (κ2) is 6.33. The molecule has 1 atom stereocenters. The third kappa shape index (κ3) is 4.20. The molecule has 88 valence electrons. The van der Waals surface area contributed by atoms with E-state index in [1.807, 2.05) is 30.0 Å². The molecular weight excluding hydrogens is 219 g/mol. The number of thioether (sulfide) groups is 1. The van der Waals surface area contributed by atoms with Crippen molar-refractivity contribution in [2.45, 2.75) is 31.8 Å². The van der Waals surface area contributed by atoms with E-state index < -0.39 is 7.12 Å². The summed E-state index contributed by atoms with van der Waals surface area (Å²) in [6.07, 6.45) is 0. The van der Waals surface area contributed by atoms with Crippen molar-refractivity contribution in [3.63, 3.8) is 0 Å². The minimum absolute atomic E-state index is 0.565. The molecule has 0 bridgehead atoms. The predicted molar refractivity (Wildman–Crippen MR) is 71.9 cm³/mol. The number of benzene rings is 1. The molecule has 0 aromatic heterocycles. The Morgan fingerprint density at radius 1 is 1.25 bits per heavy atom. The quantitative estimate of drug-likeness (QED) is 0.766. The Labute approximate surface area is 102 Å². The molecule has 0 heterocycles. The van der Waals surface area contributed by atoms with Gasteiger partial charge in [-0.3, -0.25) is 0 Å². The van der Waals surface area contributed by atoms with Crippen LogP contribution in [0.15, 0.2) is 24.3 Å². The van der Waals surface area contributed by atoms with Crippen molar-refractivity contribution >= 4 is 24.3 Å². The molecule has 0 saturated carbocycles. The largest absolute Gasteiger partial charge is 0.488 e. The summed E-state index contributed by atoms with van der Waals surface area (Å²) in [6.45, 7) is 6.65. The highest BCUT2D eigenvalue weighted by molar-refractivity contribution is 7.99. The summed E-state index contributed by atoms with van der Waals surface area (Å²) < 4.78 is 0. The van der Waals surface area contributed by atoms with Gasteiger partial charge in [-0.15, -0.1) is 0 Å². The van der Waals surface area contributed by atoms with Crippen LogP contribution in [-0.4, -0.2) is 22.4 Å². The fourth-order valence-corrected chi connectivity index (χ4v) is 2.28. The van der Waals surface area contributed by atoms with E-state index in [-0.39, 0.29) is 0 Å². The lowest BCUT2D eigenvalue weighted by Crippen LogP contribution is -2.29. The maximum absolute atomic E-state index is 9.06. The number of hydrogen-bond acceptors (Lipinski definition) is 3. The van der Waals surface area contributed by atoms with E-state index in [0.29, 0.717) is 16.6 Å². The van der Waals surface area contributed by atoms with Gasteiger partial charge < -0.3 is 10.0 Å². The van der Waals surface area contributed by atoms with Crippen LogP contribution < -0.4 is 5.46 Å². The molecule has 2 nitrogen and oxygen atoms in total. The molecule has 0 radical (unpaired) electrons. The highest BCUT2D eigenvalue weighted by atomic mass is 32.2. The number of rotatable bonds is 5. The normalized spacial score (nSPS) is 12.9. The number of hydrogen-bond donors (Lipinski definition) is 2. The lowest BCUT2D eigenvalue weighted by atomic mass is 9.80. The zero-order chi connectivity index (χ0) is 12.1. The average Bonchev–Trinajstić information content (AvgIpc) is 2.26. The summed E-state index contributed by atoms with van der Waals surface area (Å²) in [5.74, 6) is 1.58. The van der Waals surface area contributed by atoms with Crippen molar-refractivity contribution in [2.24, 2.45) is 5.92 Å². The van der Waals surface area contributed by atoms with Crippen LogP contribution in [0.25, 0.3) is 0 Å². The van der Waals surface area contributed by atoms with Crippen molar-refractivity contribution < 1.29 is 10.0 Å². The van der Waals surface area contributed by atoms with Crippen molar-refractivity contribution in [1.29, 1.82) is 0 Å². The van der Waals surface area contributed by atoms with Crippen molar-refractivity contribution in [1.82, 2.24) is 0 Å². The first-order valence-electron chi connectivity index (χ1n) is 5.57. The summed E-state index contributed by atoms with van der Waals surface area (Å²) in [7, 11) is -1.37. The molecule has 0 amide bonds. The van der Waals surface area contributed by atoms with Crippen molar-refractivity contribution in [2.75, 3.05) is 0 Å². The topological polar surface area (TPSA) is 40.5 Å². The molecule has 0 spiro atoms. The smallest absolute Gasteiger partial charge is 0.423 e. The van der Waals surface area contributed by atoms with Gasteiger partial charge in [0.1, 0.15) is 0 Å². The molecule has 1 unspecified atom stereocenters. The Kier molecular flexibility index (Phi) is 5.39. The Bertz CT molecular complexity index is 329. The highest BCUT2D eigenvalue weighted by Gasteiger charge is 2.12. The first-order chi connectivity index (χ1) is 7.50. The summed E-state index contributed by atoms with van der Waals surface area (Å²) in [5.41, 5.74) is 1.71. The second-order valence-electron chi connectivity index (χ2n) is 4.38. The monoisotopic (exact) mass is 238 g/mol. The SMILES string of the molecule is CC(C)C(C)SCc1cccc(B(O)O)c1. The first kappa shape index (κ1) is 13.6. The molecule has 1 aromatic carbocycles. The maximum atomic E-state index is 9.06. The van der Waals surface area contributed by atoms with Gasteiger partial charge >= 0.3 is 7.12 Å². The van der Waals surface area contributed by atoms with Crippen LogP contribution in [0.5, 0.6) is 0 Å². The van der Waals surface area contributed by atoms with Crippen LogP contribution in [0.3, 0.4) is 0 Å². The molecule has 0 saturated heterocycles. The van der Waals surface area contributed by atoms with E-state index in [2.05, 4.69) is 20.8 Å². The Morgan fingerprint density at radius 3 is 2.50 bits per heavy atom. The lowest BCUT2D eigenvalue weighted by Gasteiger charge is -2.15. The molecule has 0 aliphatic carbocycles. The zero-order valence-electron chi connectivity index (χ0n) is 10.1. The van der Waals surface area contributed by atoms with Crippen LogP contribution in [0.2, 0.25) is 0 Å². The summed E-state index contributed by atoms with van der Waals surface area (Å²) in [4.78, 5) is 0. The van der Waals surface area contributed by atoms with E-state index in [4.69, 9.17) is 10.0 Å². The fraction of sp³-hybridized carbons (Fsp3) is 0.500. The average molecular weight is 238 g/mol. The van der Waals surface area contributed by atoms with Gasteiger partial charge in [0, 0.05) is 11.0 Å². The van der Waals surface area contributed by atoms with Gasteiger partial charge in [0.15, 0.2) is 0 Å². The third-order valence-corrected chi connectivity index (χ3v) is 4.27. The van der Waals surface area contributed by atoms with E-state index in [1.54, 1.807) is 6.07 Å². The minimum atomic E-state index is -1.37. The highest BCUT2D eigenvalue weighted by Crippen LogP contribution is 2.22. The van der Waals surface area contributed by atoms with E-state index in [0.717, 1.165) is 11.3 Å². The molecule has 1 rings (SSSR count). The standard InChI is InChI=1S/C12H19BO2S/c1-9(2)10(3)16-8-11-5-4-6-12(7-11)13(14)15/h4-7,9-10,14-15H,8H2,1-3H3. The van der Waals surface area contributed by atoms with Crippen LogP contribution in [0, 0.1) is 5.92 Å². The molecule has 0 aliphatic heterocycles. The second-order valence-corrected chi connectivity index (χ2v) is 5.74. The van der Waals surface area contributed by atoms with Gasteiger partial charge in [-0.1, -0.05) is 45.0 Å². The van der Waals surface area contributed by atoms with Crippen molar-refractivity contribution in [3.05, 3.63) is 29.8 Å². The molecule has 2 N–H and O–H groups in total. The van der Waals surface area contributed by atoms with Crippen molar-refractivity contribution in [3.8, 4) is 0 Å². The minimum Gasteiger partial charge on any atom is -0.423 e. The molecule has 4 heteroatoms. The lowest BCUT2D eigenvalue weighted by molar-refractivity contribution is 0.425. The summed E-state index contributed by atoms with van der Waals surface area (Å²) >= 11 is 1.89. The maximum Gasteiger partial charge on any atom is 0.488 e. The van der Waals surface area contributed by atoms with Crippen LogP contribution >= 0.6 is 11.8 Å². The van der Waals surface area contributed by atoms with Crippen LogP contribution in [0.4, 0.5) is 0 Å². The molecule has 1 aromatic rings. The van der Waals surface area contributed by atoms with E-state index in [9.17, 15) is 0 Å². The predicted octanol–water partition coefficient (Wildman–Crippen LogP) is 1.64. The molecule has 0 fully saturated rings. The van der Waals surface area contributed by atoms with Gasteiger partial charge in [0.05, 0.1) is 0 Å². The Morgan fingerprint density at radius 2 is 1.94 bits per heavy atom. The zero-order valence-corrected chi connectivity index (χ0v) is 10.9. The van der Waals surface area contributed by atoms with Gasteiger partial charge in [-0.2, -0.15) is 11.8 Å². The Balaban J connectivity index is 2.57. The molecule has 16 heavy (non-hydrogen) atoms. The van der Waals surface area contributed by atoms with Crippen LogP contribution in [0.1, 0.15) is 26.3 Å². The fourth-order valence-electron chi connectivity index (χ4n) is 1.26.